The Bertz CT molecular complexity index is 515. The summed E-state index contributed by atoms with van der Waals surface area (Å²) in [6.45, 7) is 6.45. The average molecular weight is 214 g/mol. The number of nitrogens with two attached hydrogens (primary N) is 1. The number of benzene rings is 1. The molecule has 1 aromatic carbocycles. The van der Waals surface area contributed by atoms with E-state index >= 15 is 0 Å². The van der Waals surface area contributed by atoms with Crippen LogP contribution in [0.15, 0.2) is 24.3 Å². The summed E-state index contributed by atoms with van der Waals surface area (Å²) in [5.41, 5.74) is 10.2. The molecule has 0 bridgehead atoms. The quantitative estimate of drug-likeness (QED) is 0.832. The third kappa shape index (κ3) is 2.16. The van der Waals surface area contributed by atoms with Crippen LogP contribution >= 0.6 is 0 Å². The van der Waals surface area contributed by atoms with E-state index in [4.69, 9.17) is 5.73 Å². The summed E-state index contributed by atoms with van der Waals surface area (Å²) in [5.74, 6) is 0.606. The van der Waals surface area contributed by atoms with Crippen molar-refractivity contribution in [3.63, 3.8) is 0 Å². The fraction of sp³-hybridized carbons (Fsp3) is 0.357. The third-order valence-corrected chi connectivity index (χ3v) is 2.67. The number of fused-ring (bicyclic) bond motifs is 1. The van der Waals surface area contributed by atoms with E-state index in [1.165, 1.54) is 5.56 Å². The predicted molar refractivity (Wildman–Crippen MR) is 69.4 cm³/mol. The van der Waals surface area contributed by atoms with Crippen molar-refractivity contribution in [1.29, 1.82) is 0 Å². The topological polar surface area (TPSA) is 38.9 Å². The average Bonchev–Trinajstić information content (AvgIpc) is 2.18. The van der Waals surface area contributed by atoms with Crippen molar-refractivity contribution in [1.82, 2.24) is 4.98 Å². The molecular formula is C14H18N2. The lowest BCUT2D eigenvalue weighted by atomic mass is 10.0. The molecule has 0 saturated carbocycles. The van der Waals surface area contributed by atoms with Crippen molar-refractivity contribution in [3.05, 3.63) is 35.5 Å². The molecule has 0 aliphatic carbocycles. The van der Waals surface area contributed by atoms with Crippen LogP contribution in [-0.2, 0) is 6.42 Å². The van der Waals surface area contributed by atoms with Gasteiger partial charge in [0.1, 0.15) is 0 Å². The summed E-state index contributed by atoms with van der Waals surface area (Å²) < 4.78 is 0. The van der Waals surface area contributed by atoms with Crippen molar-refractivity contribution in [2.24, 2.45) is 5.92 Å². The second-order valence-electron chi connectivity index (χ2n) is 4.82. The molecule has 2 heteroatoms. The zero-order chi connectivity index (χ0) is 11.7. The molecule has 84 valence electrons. The molecular weight excluding hydrogens is 196 g/mol. The Morgan fingerprint density at radius 1 is 1.25 bits per heavy atom. The maximum atomic E-state index is 6.06. The molecule has 0 saturated heterocycles. The number of nitrogens with zero attached hydrogens (tertiary/aromatic N) is 1. The van der Waals surface area contributed by atoms with Gasteiger partial charge in [-0.1, -0.05) is 25.5 Å². The van der Waals surface area contributed by atoms with Crippen molar-refractivity contribution in [2.75, 3.05) is 5.73 Å². The van der Waals surface area contributed by atoms with Crippen LogP contribution in [0.25, 0.3) is 10.9 Å². The Kier molecular flexibility index (Phi) is 2.82. The number of anilines is 1. The maximum Gasteiger partial charge on any atom is 0.0726 e. The molecule has 0 fully saturated rings. The van der Waals surface area contributed by atoms with Crippen molar-refractivity contribution in [2.45, 2.75) is 27.2 Å². The van der Waals surface area contributed by atoms with Crippen molar-refractivity contribution < 1.29 is 0 Å². The van der Waals surface area contributed by atoms with Crippen LogP contribution in [0.1, 0.15) is 25.1 Å². The van der Waals surface area contributed by atoms with Gasteiger partial charge >= 0.3 is 0 Å². The minimum atomic E-state index is 0.606. The van der Waals surface area contributed by atoms with Crippen LogP contribution in [0.3, 0.4) is 0 Å². The molecule has 16 heavy (non-hydrogen) atoms. The zero-order valence-corrected chi connectivity index (χ0v) is 10.1. The largest absolute Gasteiger partial charge is 0.398 e. The Labute approximate surface area is 96.5 Å². The maximum absolute atomic E-state index is 6.06. The minimum absolute atomic E-state index is 0.606. The van der Waals surface area contributed by atoms with Gasteiger partial charge in [-0.2, -0.15) is 0 Å². The summed E-state index contributed by atoms with van der Waals surface area (Å²) >= 11 is 0. The van der Waals surface area contributed by atoms with E-state index < -0.39 is 0 Å². The van der Waals surface area contributed by atoms with Gasteiger partial charge in [0.25, 0.3) is 0 Å². The van der Waals surface area contributed by atoms with Crippen molar-refractivity contribution >= 4 is 16.6 Å². The number of aryl methyl sites for hydroxylation is 1. The summed E-state index contributed by atoms with van der Waals surface area (Å²) in [4.78, 5) is 4.64. The smallest absolute Gasteiger partial charge is 0.0726 e. The standard InChI is InChI=1S/C14H18N2/c1-9(2)6-11-8-13(15)12-7-10(3)4-5-14(12)16-11/h4-5,7-9H,6H2,1-3H3,(H2,15,16). The summed E-state index contributed by atoms with van der Waals surface area (Å²) in [7, 11) is 0. The van der Waals surface area contributed by atoms with Gasteiger partial charge in [-0.3, -0.25) is 4.98 Å². The second kappa shape index (κ2) is 4.12. The van der Waals surface area contributed by atoms with E-state index in [1.54, 1.807) is 0 Å². The van der Waals surface area contributed by atoms with Gasteiger partial charge in [0.2, 0.25) is 0 Å². The highest BCUT2D eigenvalue weighted by atomic mass is 14.7. The van der Waals surface area contributed by atoms with Crippen LogP contribution in [0.4, 0.5) is 5.69 Å². The highest BCUT2D eigenvalue weighted by Gasteiger charge is 2.05. The first-order valence-electron chi connectivity index (χ1n) is 5.72. The lowest BCUT2D eigenvalue weighted by Crippen LogP contribution is -2.00. The molecule has 0 radical (unpaired) electrons. The first-order valence-corrected chi connectivity index (χ1v) is 5.72. The van der Waals surface area contributed by atoms with Gasteiger partial charge in [0, 0.05) is 16.8 Å². The van der Waals surface area contributed by atoms with Crippen LogP contribution in [0.2, 0.25) is 0 Å². The first-order chi connectivity index (χ1) is 7.56. The van der Waals surface area contributed by atoms with Crippen molar-refractivity contribution in [3.8, 4) is 0 Å². The lowest BCUT2D eigenvalue weighted by molar-refractivity contribution is 0.637. The molecule has 0 aliphatic rings. The van der Waals surface area contributed by atoms with E-state index in [-0.39, 0.29) is 0 Å². The molecule has 0 amide bonds. The van der Waals surface area contributed by atoms with E-state index in [2.05, 4.69) is 37.9 Å². The predicted octanol–water partition coefficient (Wildman–Crippen LogP) is 3.32. The highest BCUT2D eigenvalue weighted by molar-refractivity contribution is 5.90. The molecule has 0 spiro atoms. The van der Waals surface area contributed by atoms with Gasteiger partial charge in [0.15, 0.2) is 0 Å². The number of pyridine rings is 1. The number of rotatable bonds is 2. The van der Waals surface area contributed by atoms with Gasteiger partial charge in [0.05, 0.1) is 5.52 Å². The Hall–Kier alpha value is -1.57. The number of hydrogen-bond donors (Lipinski definition) is 1. The van der Waals surface area contributed by atoms with Crippen LogP contribution < -0.4 is 5.73 Å². The molecule has 2 N–H and O–H groups in total. The van der Waals surface area contributed by atoms with Gasteiger partial charge < -0.3 is 5.73 Å². The Morgan fingerprint density at radius 3 is 2.69 bits per heavy atom. The normalized spacial score (nSPS) is 11.2. The monoisotopic (exact) mass is 214 g/mol. The first kappa shape index (κ1) is 10.9. The Balaban J connectivity index is 2.55. The fourth-order valence-corrected chi connectivity index (χ4v) is 1.95. The minimum Gasteiger partial charge on any atom is -0.398 e. The van der Waals surface area contributed by atoms with Crippen LogP contribution in [0.5, 0.6) is 0 Å². The van der Waals surface area contributed by atoms with E-state index in [0.29, 0.717) is 5.92 Å². The molecule has 1 aromatic heterocycles. The summed E-state index contributed by atoms with van der Waals surface area (Å²) in [5, 5.41) is 1.06. The summed E-state index contributed by atoms with van der Waals surface area (Å²) in [6.07, 6.45) is 0.980. The van der Waals surface area contributed by atoms with Gasteiger partial charge in [-0.05, 0) is 37.5 Å². The van der Waals surface area contributed by atoms with Crippen LogP contribution in [-0.4, -0.2) is 4.98 Å². The summed E-state index contributed by atoms with van der Waals surface area (Å²) in [6, 6.07) is 8.22. The van der Waals surface area contributed by atoms with Gasteiger partial charge in [-0.15, -0.1) is 0 Å². The number of nitrogen functional groups attached to an aromatic ring is 1. The lowest BCUT2D eigenvalue weighted by Gasteiger charge is -2.08. The highest BCUT2D eigenvalue weighted by Crippen LogP contribution is 2.22. The van der Waals surface area contributed by atoms with Crippen LogP contribution in [0, 0.1) is 12.8 Å². The molecule has 0 unspecified atom stereocenters. The van der Waals surface area contributed by atoms with E-state index in [0.717, 1.165) is 28.7 Å². The Morgan fingerprint density at radius 2 is 2.00 bits per heavy atom. The molecule has 0 atom stereocenters. The zero-order valence-electron chi connectivity index (χ0n) is 10.1. The molecule has 2 nitrogen and oxygen atoms in total. The molecule has 2 rings (SSSR count). The number of hydrogen-bond acceptors (Lipinski definition) is 2. The SMILES string of the molecule is Cc1ccc2nc(CC(C)C)cc(N)c2c1. The number of aromatic nitrogens is 1. The van der Waals surface area contributed by atoms with E-state index in [1.807, 2.05) is 12.1 Å². The fourth-order valence-electron chi connectivity index (χ4n) is 1.95. The third-order valence-electron chi connectivity index (χ3n) is 2.67. The second-order valence-corrected chi connectivity index (χ2v) is 4.82. The molecule has 0 aliphatic heterocycles. The molecule has 2 aromatic rings. The molecule has 1 heterocycles. The van der Waals surface area contributed by atoms with Gasteiger partial charge in [-0.25, -0.2) is 0 Å². The van der Waals surface area contributed by atoms with E-state index in [9.17, 15) is 0 Å².